The van der Waals surface area contributed by atoms with Crippen LogP contribution in [0.2, 0.25) is 0 Å². The van der Waals surface area contributed by atoms with Gasteiger partial charge in [-0.2, -0.15) is 0 Å². The van der Waals surface area contributed by atoms with Gasteiger partial charge in [-0.3, -0.25) is 9.59 Å². The van der Waals surface area contributed by atoms with Crippen LogP contribution in [0.15, 0.2) is 12.2 Å². The van der Waals surface area contributed by atoms with Gasteiger partial charge in [0.05, 0.1) is 13.0 Å². The number of hydrogen-bond donors (Lipinski definition) is 0. The number of esters is 1. The summed E-state index contributed by atoms with van der Waals surface area (Å²) < 4.78 is 4.69. The molecule has 1 aliphatic carbocycles. The van der Waals surface area contributed by atoms with Crippen molar-refractivity contribution in [3.63, 3.8) is 0 Å². The van der Waals surface area contributed by atoms with E-state index in [0.717, 1.165) is 6.42 Å². The first-order chi connectivity index (χ1) is 6.65. The molecule has 1 saturated carbocycles. The minimum Gasteiger partial charge on any atom is -0.469 e. The normalized spacial score (nSPS) is 34.9. The lowest BCUT2D eigenvalue weighted by molar-refractivity contribution is -0.157. The van der Waals surface area contributed by atoms with Crippen molar-refractivity contribution in [1.82, 2.24) is 4.90 Å². The standard InChI is InChI=1S/C10H13NO3/c1-11-8-5-7(10(13)14-2)6(8)3-4-9(11)12/h3-4,6-8H,5H2,1-2H3/t6-,7+,8+/m0/s1. The predicted molar refractivity (Wildman–Crippen MR) is 49.3 cm³/mol. The molecule has 0 aromatic rings. The molecule has 76 valence electrons. The predicted octanol–water partition coefficient (Wildman–Crippen LogP) is 0.192. The Labute approximate surface area is 82.5 Å². The average Bonchev–Trinajstić information content (AvgIpc) is 2.13. The molecule has 0 unspecified atom stereocenters. The summed E-state index contributed by atoms with van der Waals surface area (Å²) in [7, 11) is 3.17. The number of likely N-dealkylation sites (N-methyl/N-ethyl adjacent to an activating group) is 1. The van der Waals surface area contributed by atoms with Gasteiger partial charge in [-0.15, -0.1) is 0 Å². The highest BCUT2D eigenvalue weighted by Crippen LogP contribution is 2.41. The molecule has 1 fully saturated rings. The molecular weight excluding hydrogens is 182 g/mol. The molecule has 0 N–H and O–H groups in total. The summed E-state index contributed by atoms with van der Waals surface area (Å²) >= 11 is 0. The van der Waals surface area contributed by atoms with E-state index in [2.05, 4.69) is 4.74 Å². The number of hydrogen-bond acceptors (Lipinski definition) is 3. The first-order valence-electron chi connectivity index (χ1n) is 4.68. The van der Waals surface area contributed by atoms with Gasteiger partial charge >= 0.3 is 5.97 Å². The van der Waals surface area contributed by atoms with Crippen LogP contribution in [-0.2, 0) is 14.3 Å². The molecule has 1 heterocycles. The Hall–Kier alpha value is -1.32. The highest BCUT2D eigenvalue weighted by Gasteiger charge is 2.48. The van der Waals surface area contributed by atoms with Crippen LogP contribution in [0.5, 0.6) is 0 Å². The molecule has 4 heteroatoms. The fraction of sp³-hybridized carbons (Fsp3) is 0.600. The monoisotopic (exact) mass is 195 g/mol. The molecule has 1 amide bonds. The second kappa shape index (κ2) is 3.12. The van der Waals surface area contributed by atoms with Gasteiger partial charge in [0.15, 0.2) is 0 Å². The van der Waals surface area contributed by atoms with Crippen molar-refractivity contribution in [3.05, 3.63) is 12.2 Å². The number of fused-ring (bicyclic) bond motifs is 1. The zero-order chi connectivity index (χ0) is 10.3. The first-order valence-corrected chi connectivity index (χ1v) is 4.68. The van der Waals surface area contributed by atoms with Crippen LogP contribution >= 0.6 is 0 Å². The maximum absolute atomic E-state index is 11.3. The average molecular weight is 195 g/mol. The topological polar surface area (TPSA) is 46.6 Å². The number of carbonyl (C=O) groups excluding carboxylic acids is 2. The Bertz CT molecular complexity index is 310. The summed E-state index contributed by atoms with van der Waals surface area (Å²) in [5.41, 5.74) is 0. The second-order valence-corrected chi connectivity index (χ2v) is 3.82. The highest BCUT2D eigenvalue weighted by atomic mass is 16.5. The zero-order valence-corrected chi connectivity index (χ0v) is 8.27. The number of nitrogens with zero attached hydrogens (tertiary/aromatic N) is 1. The van der Waals surface area contributed by atoms with Crippen molar-refractivity contribution >= 4 is 11.9 Å². The number of methoxy groups -OCH3 is 1. The van der Waals surface area contributed by atoms with Gasteiger partial charge < -0.3 is 9.64 Å². The first kappa shape index (κ1) is 9.24. The molecule has 0 spiro atoms. The smallest absolute Gasteiger partial charge is 0.309 e. The molecule has 2 rings (SSSR count). The van der Waals surface area contributed by atoms with Crippen molar-refractivity contribution < 1.29 is 14.3 Å². The minimum atomic E-state index is -0.168. The molecule has 0 radical (unpaired) electrons. The van der Waals surface area contributed by atoms with Crippen molar-refractivity contribution in [1.29, 1.82) is 0 Å². The quantitative estimate of drug-likeness (QED) is 0.561. The van der Waals surface area contributed by atoms with E-state index in [4.69, 9.17) is 0 Å². The van der Waals surface area contributed by atoms with Gasteiger partial charge in [0, 0.05) is 19.0 Å². The lowest BCUT2D eigenvalue weighted by atomic mass is 9.67. The molecule has 2 aliphatic rings. The van der Waals surface area contributed by atoms with Crippen molar-refractivity contribution in [2.24, 2.45) is 11.8 Å². The van der Waals surface area contributed by atoms with E-state index in [1.165, 1.54) is 13.2 Å². The SMILES string of the molecule is COC(=O)[C@@H]1C[C@@H]2[C@H]1C=CC(=O)N2C. The molecule has 14 heavy (non-hydrogen) atoms. The second-order valence-electron chi connectivity index (χ2n) is 3.82. The third-order valence-electron chi connectivity index (χ3n) is 3.21. The Morgan fingerprint density at radius 1 is 1.64 bits per heavy atom. The van der Waals surface area contributed by atoms with Crippen LogP contribution in [0.3, 0.4) is 0 Å². The summed E-state index contributed by atoms with van der Waals surface area (Å²) in [6, 6.07) is 0.191. The maximum Gasteiger partial charge on any atom is 0.309 e. The number of amides is 1. The fourth-order valence-corrected chi connectivity index (χ4v) is 2.20. The van der Waals surface area contributed by atoms with Crippen molar-refractivity contribution in [2.75, 3.05) is 14.2 Å². The lowest BCUT2D eigenvalue weighted by Gasteiger charge is -2.47. The number of carbonyl (C=O) groups is 2. The Balaban J connectivity index is 2.11. The van der Waals surface area contributed by atoms with Crippen molar-refractivity contribution in [3.8, 4) is 0 Å². The third kappa shape index (κ3) is 1.14. The summed E-state index contributed by atoms with van der Waals surface area (Å²) in [5.74, 6) is -0.0461. The molecule has 0 aromatic heterocycles. The van der Waals surface area contributed by atoms with Gasteiger partial charge in [0.2, 0.25) is 5.91 Å². The van der Waals surface area contributed by atoms with Crippen LogP contribution in [-0.4, -0.2) is 37.0 Å². The van der Waals surface area contributed by atoms with E-state index in [1.54, 1.807) is 11.9 Å². The minimum absolute atomic E-state index is 0.0227. The Kier molecular flexibility index (Phi) is 2.06. The van der Waals surface area contributed by atoms with Crippen LogP contribution in [0.1, 0.15) is 6.42 Å². The number of rotatable bonds is 1. The molecule has 1 aliphatic heterocycles. The van der Waals surface area contributed by atoms with E-state index >= 15 is 0 Å². The van der Waals surface area contributed by atoms with E-state index in [-0.39, 0.29) is 29.8 Å². The van der Waals surface area contributed by atoms with E-state index in [9.17, 15) is 9.59 Å². The molecule has 0 saturated heterocycles. The number of ether oxygens (including phenoxy) is 1. The van der Waals surface area contributed by atoms with E-state index in [1.807, 2.05) is 6.08 Å². The van der Waals surface area contributed by atoms with Gasteiger partial charge in [0.1, 0.15) is 0 Å². The highest BCUT2D eigenvalue weighted by molar-refractivity contribution is 5.89. The maximum atomic E-state index is 11.3. The Morgan fingerprint density at radius 3 is 3.00 bits per heavy atom. The summed E-state index contributed by atoms with van der Waals surface area (Å²) in [6.45, 7) is 0. The molecule has 0 aromatic carbocycles. The Morgan fingerprint density at radius 2 is 2.36 bits per heavy atom. The molecule has 4 nitrogen and oxygen atoms in total. The van der Waals surface area contributed by atoms with Crippen LogP contribution < -0.4 is 0 Å². The van der Waals surface area contributed by atoms with Gasteiger partial charge in [-0.05, 0) is 12.5 Å². The fourth-order valence-electron chi connectivity index (χ4n) is 2.20. The molecule has 3 atom stereocenters. The van der Waals surface area contributed by atoms with Gasteiger partial charge in [-0.1, -0.05) is 6.08 Å². The van der Waals surface area contributed by atoms with Crippen LogP contribution in [0.4, 0.5) is 0 Å². The van der Waals surface area contributed by atoms with Crippen LogP contribution in [0, 0.1) is 11.8 Å². The van der Waals surface area contributed by atoms with Crippen molar-refractivity contribution in [2.45, 2.75) is 12.5 Å². The summed E-state index contributed by atoms with van der Waals surface area (Å²) in [4.78, 5) is 24.2. The lowest BCUT2D eigenvalue weighted by Crippen LogP contribution is -2.56. The molecular formula is C10H13NO3. The summed E-state index contributed by atoms with van der Waals surface area (Å²) in [6.07, 6.45) is 4.10. The third-order valence-corrected chi connectivity index (χ3v) is 3.21. The van der Waals surface area contributed by atoms with E-state index in [0.29, 0.717) is 0 Å². The molecule has 0 bridgehead atoms. The van der Waals surface area contributed by atoms with E-state index < -0.39 is 0 Å². The zero-order valence-electron chi connectivity index (χ0n) is 8.27. The van der Waals surface area contributed by atoms with Crippen LogP contribution in [0.25, 0.3) is 0 Å². The van der Waals surface area contributed by atoms with Gasteiger partial charge in [-0.25, -0.2) is 0 Å². The summed E-state index contributed by atoms with van der Waals surface area (Å²) in [5, 5.41) is 0. The largest absolute Gasteiger partial charge is 0.469 e. The van der Waals surface area contributed by atoms with Gasteiger partial charge in [0.25, 0.3) is 0 Å².